The quantitative estimate of drug-likeness (QED) is 0.372. The van der Waals surface area contributed by atoms with E-state index in [0.717, 1.165) is 0 Å². The Morgan fingerprint density at radius 3 is 2.08 bits per heavy atom. The Labute approximate surface area is 104 Å². The van der Waals surface area contributed by atoms with Gasteiger partial charge in [0.1, 0.15) is 0 Å². The molecular weight excluding hydrogens is 199 g/mol. The fraction of sp³-hybridized carbons (Fsp3) is 1.00. The van der Waals surface area contributed by atoms with E-state index >= 15 is 0 Å². The summed E-state index contributed by atoms with van der Waals surface area (Å²) < 4.78 is 46.2. The van der Waals surface area contributed by atoms with Crippen LogP contribution in [0.2, 0.25) is 0 Å². The third-order valence-electron chi connectivity index (χ3n) is 1.56. The van der Waals surface area contributed by atoms with Crippen LogP contribution < -0.4 is 0 Å². The number of unbranched alkanes of at least 4 members (excludes halogenated alkanes) is 2. The minimum absolute atomic E-state index is 0.142. The molecule has 0 aliphatic rings. The van der Waals surface area contributed by atoms with Crippen molar-refractivity contribution >= 4 is 49.0 Å². The Hall–Kier alpha value is 1.36. The summed E-state index contributed by atoms with van der Waals surface area (Å²) in [6, 6.07) is 0. The zero-order valence-corrected chi connectivity index (χ0v) is 10.2. The minimum atomic E-state index is -4.04. The Kier molecular flexibility index (Phi) is 7.52. The van der Waals surface area contributed by atoms with Crippen LogP contribution in [0, 0.1) is 0 Å². The van der Waals surface area contributed by atoms with Gasteiger partial charge in [0, 0.05) is 0 Å². The van der Waals surface area contributed by atoms with Crippen molar-refractivity contribution in [3.8, 4) is 0 Å². The van der Waals surface area contributed by atoms with Crippen molar-refractivity contribution < 1.29 is 17.6 Å². The van der Waals surface area contributed by atoms with E-state index in [-0.39, 0.29) is 55.4 Å². The van der Waals surface area contributed by atoms with E-state index in [1.54, 1.807) is 0 Å². The van der Waals surface area contributed by atoms with E-state index in [1.807, 2.05) is 0 Å². The summed E-state index contributed by atoms with van der Waals surface area (Å²) in [6.07, 6.45) is -3.08. The van der Waals surface area contributed by atoms with Crippen molar-refractivity contribution in [1.82, 2.24) is 0 Å². The summed E-state index contributed by atoms with van der Waals surface area (Å²) >= 11 is 0.164. The summed E-state index contributed by atoms with van der Waals surface area (Å²) in [7, 11) is 0. The topological polar surface area (TPSA) is 0 Å². The van der Waals surface area contributed by atoms with Gasteiger partial charge in [0.05, 0.1) is 0 Å². The molecule has 0 amide bonds. The molecule has 0 aromatic rings. The molecule has 0 aliphatic heterocycles. The molecule has 0 aliphatic carbocycles. The van der Waals surface area contributed by atoms with Crippen LogP contribution >= 0.6 is 0 Å². The summed E-state index contributed by atoms with van der Waals surface area (Å²) in [4.78, 5) is 0. The third kappa shape index (κ3) is 11.4. The molecule has 0 heterocycles. The van der Waals surface area contributed by atoms with Crippen molar-refractivity contribution in [2.45, 2.75) is 38.5 Å². The van der Waals surface area contributed by atoms with Gasteiger partial charge in [-0.3, -0.25) is 0 Å². The van der Waals surface area contributed by atoms with Crippen LogP contribution in [0.5, 0.6) is 0 Å². The molecule has 0 radical (unpaired) electrons. The Morgan fingerprint density at radius 1 is 1.08 bits per heavy atom. The molecule has 0 fully saturated rings. The van der Waals surface area contributed by atoms with E-state index in [2.05, 4.69) is 0 Å². The predicted molar refractivity (Wildman–Crippen MR) is 39.8 cm³/mol. The van der Waals surface area contributed by atoms with Crippen LogP contribution in [-0.4, -0.2) is 55.4 Å². The summed E-state index contributed by atoms with van der Waals surface area (Å²) in [5.74, 6) is 0. The molecule has 0 nitrogen and oxygen atoms in total. The van der Waals surface area contributed by atoms with Crippen LogP contribution in [0.15, 0.2) is 0 Å². The SMILES string of the molecule is F[CH]([K])CCCCCC(F)(F)F. The fourth-order valence-corrected chi connectivity index (χ4v) is 1.57. The molecule has 0 spiro atoms. The first-order valence-corrected chi connectivity index (χ1v) is 5.93. The zero-order chi connectivity index (χ0) is 9.61. The van der Waals surface area contributed by atoms with Gasteiger partial charge in [0.25, 0.3) is 0 Å². The molecule has 0 N–H and O–H groups in total. The van der Waals surface area contributed by atoms with Crippen LogP contribution in [0.4, 0.5) is 17.6 Å². The van der Waals surface area contributed by atoms with Gasteiger partial charge in [-0.1, -0.05) is 0 Å². The number of halogens is 4. The third-order valence-corrected chi connectivity index (χ3v) is 2.46. The van der Waals surface area contributed by atoms with Crippen molar-refractivity contribution in [2.75, 3.05) is 0 Å². The zero-order valence-electron chi connectivity index (χ0n) is 7.12. The van der Waals surface area contributed by atoms with Gasteiger partial charge >= 0.3 is 105 Å². The second kappa shape index (κ2) is 6.76. The van der Waals surface area contributed by atoms with Gasteiger partial charge in [-0.15, -0.1) is 0 Å². The van der Waals surface area contributed by atoms with Crippen molar-refractivity contribution in [3.63, 3.8) is 0 Å². The molecular formula is C7H11F4K. The van der Waals surface area contributed by atoms with Gasteiger partial charge in [0.2, 0.25) is 0 Å². The van der Waals surface area contributed by atoms with Crippen LogP contribution in [0.25, 0.3) is 0 Å². The molecule has 1 unspecified atom stereocenters. The Morgan fingerprint density at radius 2 is 1.67 bits per heavy atom. The molecule has 5 heteroatoms. The van der Waals surface area contributed by atoms with E-state index < -0.39 is 12.9 Å². The second-order valence-electron chi connectivity index (χ2n) is 3.00. The first-order chi connectivity index (χ1) is 5.42. The molecule has 0 aromatic carbocycles. The normalized spacial score (nSPS) is 14.8. The maximum atomic E-state index is 12.2. The van der Waals surface area contributed by atoms with Crippen molar-refractivity contribution in [1.29, 1.82) is 0 Å². The van der Waals surface area contributed by atoms with E-state index in [1.165, 1.54) is 0 Å². The number of alkyl halides is 4. The molecule has 0 rings (SSSR count). The Bertz CT molecular complexity index is 110. The van der Waals surface area contributed by atoms with Crippen LogP contribution in [0.1, 0.15) is 32.1 Å². The summed E-state index contributed by atoms with van der Waals surface area (Å²) in [6.45, 7) is 0. The molecule has 0 bridgehead atoms. The van der Waals surface area contributed by atoms with Crippen LogP contribution in [0.3, 0.4) is 0 Å². The van der Waals surface area contributed by atoms with Gasteiger partial charge in [-0.05, 0) is 0 Å². The van der Waals surface area contributed by atoms with Crippen molar-refractivity contribution in [3.05, 3.63) is 0 Å². The first-order valence-electron chi connectivity index (χ1n) is 4.12. The van der Waals surface area contributed by atoms with Gasteiger partial charge in [-0.2, -0.15) is 0 Å². The number of rotatable bonds is 5. The van der Waals surface area contributed by atoms with Gasteiger partial charge in [-0.25, -0.2) is 0 Å². The average molecular weight is 210 g/mol. The van der Waals surface area contributed by atoms with Gasteiger partial charge < -0.3 is 0 Å². The molecule has 0 saturated carbocycles. The fourth-order valence-electron chi connectivity index (χ4n) is 0.928. The summed E-state index contributed by atoms with van der Waals surface area (Å²) in [5, 5.41) is 0. The predicted octanol–water partition coefficient (Wildman–Crippen LogP) is 2.96. The monoisotopic (exact) mass is 210 g/mol. The molecule has 68 valence electrons. The van der Waals surface area contributed by atoms with Crippen molar-refractivity contribution in [2.24, 2.45) is 0 Å². The standard InChI is InChI=1S/C7H11F4.K/c8-6-4-2-1-3-5-7(9,10)11;/h6H,1-5H2;. The first kappa shape index (κ1) is 13.4. The maximum absolute atomic E-state index is 12.2. The Balaban J connectivity index is 3.12. The van der Waals surface area contributed by atoms with Gasteiger partial charge in [0.15, 0.2) is 0 Å². The van der Waals surface area contributed by atoms with E-state index in [4.69, 9.17) is 0 Å². The molecule has 0 saturated heterocycles. The second-order valence-corrected chi connectivity index (χ2v) is 4.95. The average Bonchev–Trinajstić information content (AvgIpc) is 1.83. The van der Waals surface area contributed by atoms with Crippen LogP contribution in [-0.2, 0) is 0 Å². The number of hydrogen-bond donors (Lipinski definition) is 0. The van der Waals surface area contributed by atoms with E-state index in [0.29, 0.717) is 19.3 Å². The summed E-state index contributed by atoms with van der Waals surface area (Å²) in [5.41, 5.74) is 0. The van der Waals surface area contributed by atoms with E-state index in [9.17, 15) is 17.6 Å². The number of hydrogen-bond acceptors (Lipinski definition) is 0. The molecule has 12 heavy (non-hydrogen) atoms. The molecule has 0 aromatic heterocycles. The molecule has 1 atom stereocenters.